The van der Waals surface area contributed by atoms with Crippen LogP contribution < -0.4 is 10.2 Å². The Morgan fingerprint density at radius 2 is 2.08 bits per heavy atom. The first-order chi connectivity index (χ1) is 17.5. The molecule has 1 atom stereocenters. The highest BCUT2D eigenvalue weighted by Crippen LogP contribution is 2.41. The minimum Gasteiger partial charge on any atom is -0.497 e. The number of aliphatic hydroxyl groups excluding tert-OH is 1. The van der Waals surface area contributed by atoms with Crippen LogP contribution in [0.25, 0.3) is 10.9 Å². The van der Waals surface area contributed by atoms with Gasteiger partial charge in [-0.2, -0.15) is 0 Å². The molecule has 0 radical (unpaired) electrons. The van der Waals surface area contributed by atoms with E-state index < -0.39 is 17.4 Å². The molecule has 3 aromatic rings. The number of nitrogens with zero attached hydrogens (tertiary/aromatic N) is 3. The molecule has 1 saturated heterocycles. The molecule has 1 fully saturated rings. The van der Waals surface area contributed by atoms with E-state index in [0.29, 0.717) is 47.5 Å². The monoisotopic (exact) mass is 530 g/mol. The molecular formula is C26H31ClN4O4S. The average molecular weight is 531 g/mol. The molecule has 3 N–H and O–H groups in total. The molecule has 0 bridgehead atoms. The normalized spacial score (nSPS) is 16.6. The van der Waals surface area contributed by atoms with Crippen LogP contribution in [0.2, 0.25) is 5.02 Å². The van der Waals surface area contributed by atoms with Crippen molar-refractivity contribution in [3.63, 3.8) is 0 Å². The first-order valence-corrected chi connectivity index (χ1v) is 13.3. The Morgan fingerprint density at radius 1 is 1.28 bits per heavy atom. The van der Waals surface area contributed by atoms with Gasteiger partial charge in [-0.05, 0) is 69.1 Å². The third-order valence-corrected chi connectivity index (χ3v) is 8.21. The second-order valence-corrected chi connectivity index (χ2v) is 10.6. The summed E-state index contributed by atoms with van der Waals surface area (Å²) < 4.78 is 5.33. The number of halogens is 1. The molecule has 8 nitrogen and oxygen atoms in total. The molecule has 1 amide bonds. The predicted octanol–water partition coefficient (Wildman–Crippen LogP) is 4.49. The second-order valence-electron chi connectivity index (χ2n) is 9.04. The fourth-order valence-electron chi connectivity index (χ4n) is 4.82. The van der Waals surface area contributed by atoms with Crippen molar-refractivity contribution >= 4 is 40.2 Å². The molecule has 3 heterocycles. The van der Waals surface area contributed by atoms with Crippen molar-refractivity contribution in [1.82, 2.24) is 20.3 Å². The number of hydroxylamine groups is 1. The topological polar surface area (TPSA) is 108 Å². The summed E-state index contributed by atoms with van der Waals surface area (Å²) >= 11 is 8.17. The lowest BCUT2D eigenvalue weighted by molar-refractivity contribution is -0.143. The van der Waals surface area contributed by atoms with Gasteiger partial charge in [0.15, 0.2) is 0 Å². The van der Waals surface area contributed by atoms with Gasteiger partial charge in [-0.25, -0.2) is 10.5 Å². The molecule has 10 heteroatoms. The Labute approximate surface area is 220 Å². The molecule has 1 aromatic carbocycles. The molecule has 0 spiro atoms. The van der Waals surface area contributed by atoms with Crippen LogP contribution in [-0.4, -0.2) is 63.6 Å². The number of carbonyl (C=O) groups is 1. The predicted molar refractivity (Wildman–Crippen MR) is 140 cm³/mol. The first-order valence-electron chi connectivity index (χ1n) is 12.0. The van der Waals surface area contributed by atoms with Crippen molar-refractivity contribution in [2.75, 3.05) is 32.5 Å². The third-order valence-electron chi connectivity index (χ3n) is 6.99. The molecule has 36 heavy (non-hydrogen) atoms. The van der Waals surface area contributed by atoms with E-state index in [2.05, 4.69) is 14.9 Å². The molecule has 1 unspecified atom stereocenters. The highest BCUT2D eigenvalue weighted by atomic mass is 35.5. The number of hydrogen-bond donors (Lipinski definition) is 3. The summed E-state index contributed by atoms with van der Waals surface area (Å²) in [4.78, 5) is 23.8. The zero-order chi connectivity index (χ0) is 25.5. The van der Waals surface area contributed by atoms with Gasteiger partial charge >= 0.3 is 0 Å². The van der Waals surface area contributed by atoms with Gasteiger partial charge in [0.25, 0.3) is 0 Å². The number of pyridine rings is 2. The number of likely N-dealkylation sites (tertiary alicyclic amines) is 1. The zero-order valence-electron chi connectivity index (χ0n) is 20.2. The van der Waals surface area contributed by atoms with Gasteiger partial charge < -0.3 is 14.7 Å². The molecule has 0 saturated carbocycles. The van der Waals surface area contributed by atoms with Gasteiger partial charge in [-0.1, -0.05) is 17.7 Å². The Balaban J connectivity index is 1.40. The maximum atomic E-state index is 12.8. The van der Waals surface area contributed by atoms with Crippen molar-refractivity contribution in [1.29, 1.82) is 0 Å². The van der Waals surface area contributed by atoms with Gasteiger partial charge in [-0.15, -0.1) is 11.8 Å². The van der Waals surface area contributed by atoms with Gasteiger partial charge in [0, 0.05) is 35.6 Å². The fourth-order valence-corrected chi connectivity index (χ4v) is 5.96. The maximum absolute atomic E-state index is 12.8. The number of benzene rings is 1. The molecule has 1 aliphatic heterocycles. The molecule has 2 aromatic heterocycles. The van der Waals surface area contributed by atoms with Gasteiger partial charge in [-0.3, -0.25) is 15.0 Å². The number of aliphatic hydroxyl groups is 1. The van der Waals surface area contributed by atoms with E-state index in [4.69, 9.17) is 16.3 Å². The van der Waals surface area contributed by atoms with E-state index in [0.717, 1.165) is 35.8 Å². The Morgan fingerprint density at radius 3 is 2.78 bits per heavy atom. The van der Waals surface area contributed by atoms with Crippen LogP contribution in [0.5, 0.6) is 5.75 Å². The van der Waals surface area contributed by atoms with Crippen molar-refractivity contribution in [2.24, 2.45) is 5.41 Å². The summed E-state index contributed by atoms with van der Waals surface area (Å²) in [7, 11) is 1.58. The smallest absolute Gasteiger partial charge is 0.249 e. The zero-order valence-corrected chi connectivity index (χ0v) is 21.8. The number of carbonyl (C=O) groups excluding carboxylic acids is 1. The highest BCUT2D eigenvalue weighted by Gasteiger charge is 2.41. The first kappa shape index (κ1) is 26.6. The number of thioether (sulfide) groups is 1. The number of amides is 1. The SMILES string of the molecule is COc1ccc2ncc(Cl)c(C(O)CCC3(C(=O)NO)CCN(CCSc4ccccn4)CC3)c2c1. The second kappa shape index (κ2) is 12.2. The van der Waals surface area contributed by atoms with E-state index in [-0.39, 0.29) is 0 Å². The summed E-state index contributed by atoms with van der Waals surface area (Å²) in [6.45, 7) is 2.37. The summed E-state index contributed by atoms with van der Waals surface area (Å²) in [6.07, 6.45) is 4.36. The number of fused-ring (bicyclic) bond motifs is 1. The minimum atomic E-state index is -0.897. The minimum absolute atomic E-state index is 0.318. The van der Waals surface area contributed by atoms with Crippen LogP contribution >= 0.6 is 23.4 Å². The summed E-state index contributed by atoms with van der Waals surface area (Å²) in [5.41, 5.74) is 2.39. The van der Waals surface area contributed by atoms with Crippen LogP contribution in [0.3, 0.4) is 0 Å². The quantitative estimate of drug-likeness (QED) is 0.200. The van der Waals surface area contributed by atoms with Crippen molar-refractivity contribution in [3.05, 3.63) is 59.4 Å². The van der Waals surface area contributed by atoms with Crippen molar-refractivity contribution in [3.8, 4) is 5.75 Å². The Bertz CT molecular complexity index is 1180. The van der Waals surface area contributed by atoms with Gasteiger partial charge in [0.1, 0.15) is 5.75 Å². The average Bonchev–Trinajstić information content (AvgIpc) is 2.92. The number of methoxy groups -OCH3 is 1. The lowest BCUT2D eigenvalue weighted by atomic mass is 9.73. The fraction of sp³-hybridized carbons (Fsp3) is 0.423. The van der Waals surface area contributed by atoms with Gasteiger partial charge in [0.05, 0.1) is 34.2 Å². The van der Waals surface area contributed by atoms with E-state index in [1.54, 1.807) is 25.1 Å². The number of hydrogen-bond acceptors (Lipinski definition) is 8. The number of aromatic nitrogens is 2. The highest BCUT2D eigenvalue weighted by molar-refractivity contribution is 7.99. The number of rotatable bonds is 10. The van der Waals surface area contributed by atoms with Crippen LogP contribution in [-0.2, 0) is 4.79 Å². The Kier molecular flexibility index (Phi) is 9.03. The summed E-state index contributed by atoms with van der Waals surface area (Å²) in [5.74, 6) is 1.15. The number of piperidine rings is 1. The third kappa shape index (κ3) is 6.10. The molecule has 1 aliphatic rings. The van der Waals surface area contributed by atoms with Crippen molar-refractivity contribution < 1.29 is 19.8 Å². The van der Waals surface area contributed by atoms with E-state index in [1.165, 1.54) is 6.20 Å². The molecular weight excluding hydrogens is 500 g/mol. The van der Waals surface area contributed by atoms with Crippen LogP contribution in [0.1, 0.15) is 37.4 Å². The van der Waals surface area contributed by atoms with Crippen LogP contribution in [0.15, 0.2) is 53.8 Å². The standard InChI is InChI=1S/C26H31ClN4O4S/c1-35-18-5-6-21-19(16-18)24(20(27)17-29-21)22(32)7-8-26(25(33)30-34)9-12-31(13-10-26)14-15-36-23-4-2-3-11-28-23/h2-6,11,16-17,22,32,34H,7-10,12-15H2,1H3,(H,30,33). The lowest BCUT2D eigenvalue weighted by Gasteiger charge is -2.40. The number of ether oxygens (including phenoxy) is 1. The van der Waals surface area contributed by atoms with Crippen LogP contribution in [0.4, 0.5) is 0 Å². The van der Waals surface area contributed by atoms with Crippen LogP contribution in [0, 0.1) is 5.41 Å². The van der Waals surface area contributed by atoms with E-state index >= 15 is 0 Å². The molecule has 192 valence electrons. The Hall–Kier alpha value is -2.43. The maximum Gasteiger partial charge on any atom is 0.249 e. The molecule has 0 aliphatic carbocycles. The van der Waals surface area contributed by atoms with E-state index in [9.17, 15) is 15.1 Å². The van der Waals surface area contributed by atoms with Gasteiger partial charge in [0.2, 0.25) is 5.91 Å². The lowest BCUT2D eigenvalue weighted by Crippen LogP contribution is -2.48. The number of nitrogens with one attached hydrogen (secondary N) is 1. The van der Waals surface area contributed by atoms with E-state index in [1.807, 2.05) is 41.9 Å². The largest absolute Gasteiger partial charge is 0.497 e. The summed E-state index contributed by atoms with van der Waals surface area (Å²) in [5, 5.41) is 22.7. The molecule has 4 rings (SSSR count). The summed E-state index contributed by atoms with van der Waals surface area (Å²) in [6, 6.07) is 11.3. The van der Waals surface area contributed by atoms with Crippen molar-refractivity contribution in [2.45, 2.75) is 36.8 Å².